The van der Waals surface area contributed by atoms with Crippen LogP contribution in [0.2, 0.25) is 0 Å². The molecule has 1 aliphatic carbocycles. The Bertz CT molecular complexity index is 179. The molecule has 0 radical (unpaired) electrons. The van der Waals surface area contributed by atoms with E-state index < -0.39 is 0 Å². The fraction of sp³-hybridized carbons (Fsp3) is 1.00. The van der Waals surface area contributed by atoms with Crippen LogP contribution in [0.5, 0.6) is 0 Å². The van der Waals surface area contributed by atoms with Gasteiger partial charge in [0.05, 0.1) is 6.61 Å². The molecular formula is C14H30N2O. The highest BCUT2D eigenvalue weighted by Gasteiger charge is 2.32. The van der Waals surface area contributed by atoms with Gasteiger partial charge in [-0.2, -0.15) is 0 Å². The maximum atomic E-state index is 9.15. The molecule has 0 heterocycles. The van der Waals surface area contributed by atoms with Gasteiger partial charge in [-0.3, -0.25) is 0 Å². The summed E-state index contributed by atoms with van der Waals surface area (Å²) in [5.74, 6) is 0. The third-order valence-electron chi connectivity index (χ3n) is 3.98. The lowest BCUT2D eigenvalue weighted by atomic mass is 9.73. The van der Waals surface area contributed by atoms with Crippen molar-refractivity contribution in [1.82, 2.24) is 10.2 Å². The lowest BCUT2D eigenvalue weighted by Crippen LogP contribution is -2.45. The topological polar surface area (TPSA) is 35.5 Å². The van der Waals surface area contributed by atoms with Crippen LogP contribution < -0.4 is 5.32 Å². The molecule has 0 aromatic carbocycles. The molecule has 102 valence electrons. The average molecular weight is 242 g/mol. The predicted octanol–water partition coefficient (Wildman–Crippen LogP) is 1.86. The molecule has 1 rings (SSSR count). The summed E-state index contributed by atoms with van der Waals surface area (Å²) in [6, 6.07) is 0. The summed E-state index contributed by atoms with van der Waals surface area (Å²) in [4.78, 5) is 2.45. The molecule has 0 aromatic rings. The monoisotopic (exact) mass is 242 g/mol. The van der Waals surface area contributed by atoms with Crippen molar-refractivity contribution in [3.8, 4) is 0 Å². The molecule has 0 saturated heterocycles. The molecule has 0 amide bonds. The van der Waals surface area contributed by atoms with Crippen molar-refractivity contribution in [3.63, 3.8) is 0 Å². The molecule has 0 bridgehead atoms. The Morgan fingerprint density at radius 1 is 1.18 bits per heavy atom. The van der Waals surface area contributed by atoms with E-state index in [0.717, 1.165) is 26.2 Å². The van der Waals surface area contributed by atoms with Gasteiger partial charge in [-0.15, -0.1) is 0 Å². The first-order valence-corrected chi connectivity index (χ1v) is 7.24. The third kappa shape index (κ3) is 4.94. The molecule has 0 aliphatic heterocycles. The van der Waals surface area contributed by atoms with Crippen LogP contribution in [0.25, 0.3) is 0 Å². The van der Waals surface area contributed by atoms with Gasteiger partial charge in [0.25, 0.3) is 0 Å². The highest BCUT2D eigenvalue weighted by atomic mass is 16.3. The smallest absolute Gasteiger partial charge is 0.0558 e. The first-order chi connectivity index (χ1) is 8.26. The van der Waals surface area contributed by atoms with E-state index in [9.17, 15) is 0 Å². The number of nitrogens with one attached hydrogen (secondary N) is 1. The first-order valence-electron chi connectivity index (χ1n) is 7.24. The first kappa shape index (κ1) is 14.9. The van der Waals surface area contributed by atoms with Gasteiger partial charge in [0.1, 0.15) is 0 Å². The molecule has 0 aromatic heterocycles. The largest absolute Gasteiger partial charge is 0.395 e. The highest BCUT2D eigenvalue weighted by Crippen LogP contribution is 2.36. The van der Waals surface area contributed by atoms with Gasteiger partial charge in [-0.1, -0.05) is 26.2 Å². The lowest BCUT2D eigenvalue weighted by Gasteiger charge is -2.41. The Kier molecular flexibility index (Phi) is 7.09. The van der Waals surface area contributed by atoms with Crippen molar-refractivity contribution in [2.75, 3.05) is 39.8 Å². The van der Waals surface area contributed by atoms with Crippen LogP contribution in [0.3, 0.4) is 0 Å². The predicted molar refractivity (Wildman–Crippen MR) is 73.3 cm³/mol. The summed E-state index contributed by atoms with van der Waals surface area (Å²) in [6.45, 7) is 6.73. The van der Waals surface area contributed by atoms with E-state index in [1.54, 1.807) is 0 Å². The van der Waals surface area contributed by atoms with Crippen LogP contribution in [0.4, 0.5) is 0 Å². The summed E-state index contributed by atoms with van der Waals surface area (Å²) >= 11 is 0. The molecule has 3 nitrogen and oxygen atoms in total. The number of rotatable bonds is 8. The Labute approximate surface area is 107 Å². The Morgan fingerprint density at radius 2 is 1.88 bits per heavy atom. The van der Waals surface area contributed by atoms with Crippen molar-refractivity contribution < 1.29 is 5.11 Å². The van der Waals surface area contributed by atoms with Crippen LogP contribution in [-0.4, -0.2) is 49.8 Å². The number of hydrogen-bond acceptors (Lipinski definition) is 3. The van der Waals surface area contributed by atoms with Crippen molar-refractivity contribution in [3.05, 3.63) is 0 Å². The van der Waals surface area contributed by atoms with Gasteiger partial charge in [0.2, 0.25) is 0 Å². The molecular weight excluding hydrogens is 212 g/mol. The minimum Gasteiger partial charge on any atom is -0.395 e. The summed E-state index contributed by atoms with van der Waals surface area (Å²) in [5, 5.41) is 12.5. The maximum Gasteiger partial charge on any atom is 0.0558 e. The molecule has 1 saturated carbocycles. The lowest BCUT2D eigenvalue weighted by molar-refractivity contribution is 0.0904. The summed E-state index contributed by atoms with van der Waals surface area (Å²) < 4.78 is 0. The molecule has 1 fully saturated rings. The fourth-order valence-corrected chi connectivity index (χ4v) is 3.27. The molecule has 0 unspecified atom stereocenters. The summed E-state index contributed by atoms with van der Waals surface area (Å²) in [6.07, 6.45) is 8.02. The van der Waals surface area contributed by atoms with Crippen molar-refractivity contribution in [1.29, 1.82) is 0 Å². The van der Waals surface area contributed by atoms with Crippen LogP contribution in [-0.2, 0) is 0 Å². The van der Waals surface area contributed by atoms with Crippen LogP contribution in [0.15, 0.2) is 0 Å². The van der Waals surface area contributed by atoms with Gasteiger partial charge in [-0.25, -0.2) is 0 Å². The van der Waals surface area contributed by atoms with Crippen LogP contribution in [0.1, 0.15) is 45.4 Å². The summed E-state index contributed by atoms with van der Waals surface area (Å²) in [7, 11) is 2.06. The molecule has 2 N–H and O–H groups in total. The van der Waals surface area contributed by atoms with Crippen LogP contribution in [0, 0.1) is 5.41 Å². The molecule has 17 heavy (non-hydrogen) atoms. The second kappa shape index (κ2) is 8.06. The fourth-order valence-electron chi connectivity index (χ4n) is 3.27. The Hall–Kier alpha value is -0.120. The van der Waals surface area contributed by atoms with E-state index in [1.165, 1.54) is 38.5 Å². The summed E-state index contributed by atoms with van der Waals surface area (Å²) in [5.41, 5.74) is 0.456. The minimum absolute atomic E-state index is 0.287. The van der Waals surface area contributed by atoms with E-state index in [0.29, 0.717) is 5.41 Å². The van der Waals surface area contributed by atoms with Crippen molar-refractivity contribution >= 4 is 0 Å². The van der Waals surface area contributed by atoms with E-state index >= 15 is 0 Å². The SMILES string of the molecule is CCCN(CCO)CC1(CNC)CCCCC1. The number of aliphatic hydroxyl groups is 1. The van der Waals surface area contributed by atoms with Crippen molar-refractivity contribution in [2.45, 2.75) is 45.4 Å². The van der Waals surface area contributed by atoms with Gasteiger partial charge in [0.15, 0.2) is 0 Å². The Morgan fingerprint density at radius 3 is 2.41 bits per heavy atom. The van der Waals surface area contributed by atoms with E-state index in [2.05, 4.69) is 24.2 Å². The van der Waals surface area contributed by atoms with Crippen LogP contribution >= 0.6 is 0 Å². The zero-order valence-electron chi connectivity index (χ0n) is 11.7. The van der Waals surface area contributed by atoms with E-state index in [-0.39, 0.29) is 6.61 Å². The second-order valence-corrected chi connectivity index (χ2v) is 5.59. The van der Waals surface area contributed by atoms with Crippen molar-refractivity contribution in [2.24, 2.45) is 5.41 Å². The average Bonchev–Trinajstić information content (AvgIpc) is 2.31. The van der Waals surface area contributed by atoms with Gasteiger partial charge < -0.3 is 15.3 Å². The van der Waals surface area contributed by atoms with E-state index in [4.69, 9.17) is 5.11 Å². The van der Waals surface area contributed by atoms with E-state index in [1.807, 2.05) is 0 Å². The molecule has 0 atom stereocenters. The maximum absolute atomic E-state index is 9.15. The molecule has 0 spiro atoms. The van der Waals surface area contributed by atoms with Gasteiger partial charge in [0, 0.05) is 19.6 Å². The Balaban J connectivity index is 2.55. The number of hydrogen-bond donors (Lipinski definition) is 2. The number of aliphatic hydroxyl groups excluding tert-OH is 1. The van der Waals surface area contributed by atoms with Gasteiger partial charge >= 0.3 is 0 Å². The normalized spacial score (nSPS) is 19.8. The number of nitrogens with zero attached hydrogens (tertiary/aromatic N) is 1. The minimum atomic E-state index is 0.287. The van der Waals surface area contributed by atoms with Gasteiger partial charge in [-0.05, 0) is 38.3 Å². The zero-order chi connectivity index (χ0) is 12.6. The molecule has 3 heteroatoms. The quantitative estimate of drug-likeness (QED) is 0.682. The standard InChI is InChI=1S/C14H30N2O/c1-3-9-16(10-11-17)13-14(12-15-2)7-5-4-6-8-14/h15,17H,3-13H2,1-2H3. The third-order valence-corrected chi connectivity index (χ3v) is 3.98. The second-order valence-electron chi connectivity index (χ2n) is 5.59. The molecule has 1 aliphatic rings. The highest BCUT2D eigenvalue weighted by molar-refractivity contribution is 4.87. The zero-order valence-corrected chi connectivity index (χ0v) is 11.7.